The predicted octanol–water partition coefficient (Wildman–Crippen LogP) is 1.07. The summed E-state index contributed by atoms with van der Waals surface area (Å²) in [6, 6.07) is 12.9. The highest BCUT2D eigenvalue weighted by molar-refractivity contribution is 5.91. The van der Waals surface area contributed by atoms with Gasteiger partial charge in [0.15, 0.2) is 0 Å². The molecule has 0 atom stereocenters. The van der Waals surface area contributed by atoms with E-state index in [-0.39, 0.29) is 11.5 Å². The number of ether oxygens (including phenoxy) is 1. The number of esters is 1. The first-order valence-corrected chi connectivity index (χ1v) is 9.97. The number of carboxylic acids is 1. The van der Waals surface area contributed by atoms with E-state index in [1.54, 1.807) is 12.4 Å². The van der Waals surface area contributed by atoms with Crippen LogP contribution in [0.1, 0.15) is 17.3 Å². The number of fused-ring (bicyclic) bond motifs is 1. The molecule has 0 saturated carbocycles. The molecule has 0 spiro atoms. The van der Waals surface area contributed by atoms with Gasteiger partial charge < -0.3 is 19.5 Å². The highest BCUT2D eigenvalue weighted by Crippen LogP contribution is 2.24. The van der Waals surface area contributed by atoms with Gasteiger partial charge in [-0.05, 0) is 42.8 Å². The van der Waals surface area contributed by atoms with E-state index in [1.807, 2.05) is 23.6 Å². The van der Waals surface area contributed by atoms with Gasteiger partial charge in [-0.1, -0.05) is 12.1 Å². The van der Waals surface area contributed by atoms with E-state index in [1.165, 1.54) is 12.1 Å². The normalized spacial score (nSPS) is 14.8. The minimum atomic E-state index is -1.21. The van der Waals surface area contributed by atoms with Gasteiger partial charge in [0.05, 0.1) is 30.2 Å². The third kappa shape index (κ3) is 4.13. The summed E-state index contributed by atoms with van der Waals surface area (Å²) in [6.07, 6.45) is 1.69. The monoisotopic (exact) mass is 407 g/mol. The summed E-state index contributed by atoms with van der Waals surface area (Å²) in [5.74, 6) is -1.39. The largest absolute Gasteiger partial charge is 0.545 e. The second kappa shape index (κ2) is 8.54. The minimum absolute atomic E-state index is 0.113. The quantitative estimate of drug-likeness (QED) is 0.565. The van der Waals surface area contributed by atoms with Crippen molar-refractivity contribution in [3.63, 3.8) is 0 Å². The first-order valence-electron chi connectivity index (χ1n) is 9.97. The van der Waals surface area contributed by atoms with Gasteiger partial charge in [-0.2, -0.15) is 0 Å². The van der Waals surface area contributed by atoms with E-state index in [0.29, 0.717) is 18.7 Å². The maximum absolute atomic E-state index is 11.7. The van der Waals surface area contributed by atoms with Crippen LogP contribution >= 0.6 is 0 Å². The summed E-state index contributed by atoms with van der Waals surface area (Å²) in [4.78, 5) is 31.5. The van der Waals surface area contributed by atoms with Crippen LogP contribution < -0.4 is 10.0 Å². The number of piperazine rings is 1. The Hall–Kier alpha value is -3.39. The van der Waals surface area contributed by atoms with Crippen molar-refractivity contribution in [1.82, 2.24) is 14.5 Å². The fourth-order valence-electron chi connectivity index (χ4n) is 3.74. The average molecular weight is 407 g/mol. The lowest BCUT2D eigenvalue weighted by Crippen LogP contribution is -2.48. The Bertz CT molecular complexity index is 1070. The lowest BCUT2D eigenvalue weighted by atomic mass is 10.2. The van der Waals surface area contributed by atoms with Gasteiger partial charge in [0.2, 0.25) is 0 Å². The molecule has 0 radical (unpaired) electrons. The maximum atomic E-state index is 11.7. The van der Waals surface area contributed by atoms with Crippen molar-refractivity contribution in [2.45, 2.75) is 6.92 Å². The maximum Gasteiger partial charge on any atom is 0.320 e. The number of hydrogen-bond acceptors (Lipinski definition) is 7. The molecule has 0 bridgehead atoms. The molecule has 8 heteroatoms. The molecular weight excluding hydrogens is 384 g/mol. The number of aromatic nitrogens is 2. The van der Waals surface area contributed by atoms with Crippen molar-refractivity contribution in [1.29, 1.82) is 0 Å². The first kappa shape index (κ1) is 19.9. The number of carbonyl (C=O) groups is 2. The number of rotatable bonds is 6. The van der Waals surface area contributed by atoms with Gasteiger partial charge in [-0.3, -0.25) is 14.3 Å². The molecule has 1 aliphatic rings. The number of nitrogens with zero attached hydrogens (tertiary/aromatic N) is 4. The van der Waals surface area contributed by atoms with Gasteiger partial charge in [0.1, 0.15) is 6.33 Å². The molecule has 1 fully saturated rings. The molecule has 1 aromatic heterocycles. The van der Waals surface area contributed by atoms with Gasteiger partial charge in [-0.25, -0.2) is 4.98 Å². The molecule has 2 aromatic carbocycles. The molecule has 156 valence electrons. The zero-order valence-corrected chi connectivity index (χ0v) is 16.8. The Labute approximate surface area is 174 Å². The molecule has 0 aliphatic carbocycles. The van der Waals surface area contributed by atoms with E-state index >= 15 is 0 Å². The van der Waals surface area contributed by atoms with Crippen molar-refractivity contribution in [2.24, 2.45) is 0 Å². The third-order valence-corrected chi connectivity index (χ3v) is 5.29. The van der Waals surface area contributed by atoms with Crippen LogP contribution in [-0.2, 0) is 9.53 Å². The lowest BCUT2D eigenvalue weighted by Gasteiger charge is -2.35. The predicted molar refractivity (Wildman–Crippen MR) is 111 cm³/mol. The number of aromatic carboxylic acids is 1. The van der Waals surface area contributed by atoms with Crippen LogP contribution in [0.2, 0.25) is 0 Å². The van der Waals surface area contributed by atoms with E-state index < -0.39 is 5.97 Å². The SMILES string of the molecule is CCOC(=O)CN1CCN(c2cccc(-n3cnc4cc(C(=O)[O-])ccc43)c2)CC1. The second-order valence-corrected chi connectivity index (χ2v) is 7.19. The molecule has 0 amide bonds. The number of carbonyl (C=O) groups excluding carboxylic acids is 2. The Morgan fingerprint density at radius 1 is 1.07 bits per heavy atom. The smallest absolute Gasteiger partial charge is 0.320 e. The summed E-state index contributed by atoms with van der Waals surface area (Å²) in [5.41, 5.74) is 3.59. The van der Waals surface area contributed by atoms with Crippen molar-refractivity contribution < 1.29 is 19.4 Å². The number of imidazole rings is 1. The number of carboxylic acid groups (broad SMARTS) is 1. The summed E-state index contributed by atoms with van der Waals surface area (Å²) >= 11 is 0. The molecule has 2 heterocycles. The van der Waals surface area contributed by atoms with Crippen molar-refractivity contribution in [3.05, 3.63) is 54.4 Å². The topological polar surface area (TPSA) is 90.7 Å². The van der Waals surface area contributed by atoms with Crippen LogP contribution in [-0.4, -0.2) is 65.7 Å². The third-order valence-electron chi connectivity index (χ3n) is 5.29. The molecule has 30 heavy (non-hydrogen) atoms. The van der Waals surface area contributed by atoms with Crippen LogP contribution in [0, 0.1) is 0 Å². The summed E-state index contributed by atoms with van der Waals surface area (Å²) < 4.78 is 6.97. The highest BCUT2D eigenvalue weighted by atomic mass is 16.5. The molecule has 3 aromatic rings. The minimum Gasteiger partial charge on any atom is -0.545 e. The summed E-state index contributed by atoms with van der Waals surface area (Å²) in [5, 5.41) is 11.1. The summed E-state index contributed by atoms with van der Waals surface area (Å²) in [7, 11) is 0. The van der Waals surface area contributed by atoms with Crippen LogP contribution in [0.15, 0.2) is 48.8 Å². The Morgan fingerprint density at radius 3 is 2.57 bits per heavy atom. The van der Waals surface area contributed by atoms with Crippen molar-refractivity contribution >= 4 is 28.7 Å². The first-order chi connectivity index (χ1) is 14.5. The van der Waals surface area contributed by atoms with E-state index in [0.717, 1.165) is 43.1 Å². The molecule has 0 unspecified atom stereocenters. The van der Waals surface area contributed by atoms with Crippen LogP contribution in [0.4, 0.5) is 5.69 Å². The van der Waals surface area contributed by atoms with Crippen molar-refractivity contribution in [3.8, 4) is 5.69 Å². The molecular formula is C22H23N4O4-. The van der Waals surface area contributed by atoms with Gasteiger partial charge in [0.25, 0.3) is 0 Å². The fraction of sp³-hybridized carbons (Fsp3) is 0.318. The van der Waals surface area contributed by atoms with Crippen LogP contribution in [0.5, 0.6) is 0 Å². The standard InChI is InChI=1S/C22H24N4O4/c1-2-30-21(27)14-24-8-10-25(11-9-24)17-4-3-5-18(13-17)26-15-23-19-12-16(22(28)29)6-7-20(19)26/h3-7,12-13,15H,2,8-11,14H2,1H3,(H,28,29)/p-1. The zero-order chi connectivity index (χ0) is 21.1. The zero-order valence-electron chi connectivity index (χ0n) is 16.8. The van der Waals surface area contributed by atoms with E-state index in [4.69, 9.17) is 4.74 Å². The number of hydrogen-bond donors (Lipinski definition) is 0. The Balaban J connectivity index is 1.49. The Kier molecular flexibility index (Phi) is 5.67. The molecule has 0 N–H and O–H groups in total. The lowest BCUT2D eigenvalue weighted by molar-refractivity contribution is -0.255. The van der Waals surface area contributed by atoms with Gasteiger partial charge in [0, 0.05) is 37.6 Å². The fourth-order valence-corrected chi connectivity index (χ4v) is 3.74. The van der Waals surface area contributed by atoms with Gasteiger partial charge in [-0.15, -0.1) is 0 Å². The molecule has 8 nitrogen and oxygen atoms in total. The molecule has 4 rings (SSSR count). The van der Waals surface area contributed by atoms with E-state index in [2.05, 4.69) is 26.9 Å². The highest BCUT2D eigenvalue weighted by Gasteiger charge is 2.20. The second-order valence-electron chi connectivity index (χ2n) is 7.19. The average Bonchev–Trinajstić information content (AvgIpc) is 3.18. The number of benzene rings is 2. The molecule has 1 aliphatic heterocycles. The van der Waals surface area contributed by atoms with E-state index in [9.17, 15) is 14.7 Å². The Morgan fingerprint density at radius 2 is 1.83 bits per heavy atom. The van der Waals surface area contributed by atoms with Crippen LogP contribution in [0.25, 0.3) is 16.7 Å². The van der Waals surface area contributed by atoms with Gasteiger partial charge >= 0.3 is 5.97 Å². The summed E-state index contributed by atoms with van der Waals surface area (Å²) in [6.45, 7) is 5.78. The molecule has 1 saturated heterocycles. The number of anilines is 1. The van der Waals surface area contributed by atoms with Crippen molar-refractivity contribution in [2.75, 3.05) is 44.2 Å². The van der Waals surface area contributed by atoms with Crippen LogP contribution in [0.3, 0.4) is 0 Å².